The Labute approximate surface area is 666 Å². The van der Waals surface area contributed by atoms with Gasteiger partial charge in [0.05, 0.1) is 0 Å². The van der Waals surface area contributed by atoms with Crippen molar-refractivity contribution in [2.45, 2.75) is 187 Å². The van der Waals surface area contributed by atoms with Crippen molar-refractivity contribution in [3.63, 3.8) is 0 Å². The zero-order valence-electron chi connectivity index (χ0n) is 71.6. The van der Waals surface area contributed by atoms with Gasteiger partial charge in [0, 0.05) is 0 Å². The number of benzene rings is 17. The number of hydrogen-bond acceptors (Lipinski definition) is 0. The van der Waals surface area contributed by atoms with Crippen LogP contribution in [0.15, 0.2) is 364 Å². The fourth-order valence-electron chi connectivity index (χ4n) is 10.9. The van der Waals surface area contributed by atoms with Crippen LogP contribution >= 0.6 is 0 Å². The van der Waals surface area contributed by atoms with Crippen LogP contribution in [0.2, 0.25) is 0 Å². The minimum Gasteiger partial charge on any atom is -0.0776 e. The average Bonchev–Trinajstić information content (AvgIpc) is 0.771. The van der Waals surface area contributed by atoms with E-state index in [1.165, 1.54) is 119 Å². The number of aryl methyl sites for hydroxylation is 2. The molecular weight excluding hydrogens is 1310 g/mol. The van der Waals surface area contributed by atoms with Gasteiger partial charge in [-0.2, -0.15) is 0 Å². The molecule has 0 heteroatoms. The highest BCUT2D eigenvalue weighted by Gasteiger charge is 2.07. The summed E-state index contributed by atoms with van der Waals surface area (Å²) in [6, 6.07) is 127. The molecule has 0 aliphatic heterocycles. The van der Waals surface area contributed by atoms with Crippen LogP contribution in [0.1, 0.15) is 185 Å². The van der Waals surface area contributed by atoms with E-state index >= 15 is 0 Å². The predicted octanol–water partition coefficient (Wildman–Crippen LogP) is 36.9. The first-order valence-electron chi connectivity index (χ1n) is 40.9. The summed E-state index contributed by atoms with van der Waals surface area (Å²) in [6.45, 7) is 52.4. The highest BCUT2D eigenvalue weighted by molar-refractivity contribution is 6.08. The van der Waals surface area contributed by atoms with Crippen LogP contribution in [0, 0.1) is 13.8 Å². The first-order valence-corrected chi connectivity index (χ1v) is 40.9. The number of hydrogen-bond donors (Lipinski definition) is 0. The highest BCUT2D eigenvalue weighted by atomic mass is 14.1. The second kappa shape index (κ2) is 67.9. The summed E-state index contributed by atoms with van der Waals surface area (Å²) < 4.78 is 0. The first kappa shape index (κ1) is 103. The molecule has 109 heavy (non-hydrogen) atoms. The number of rotatable bonds is 0. The summed E-state index contributed by atoms with van der Waals surface area (Å²) in [5.74, 6) is 0. The van der Waals surface area contributed by atoms with Crippen LogP contribution in [-0.4, -0.2) is 0 Å². The molecule has 0 unspecified atom stereocenters. The summed E-state index contributed by atoms with van der Waals surface area (Å²) >= 11 is 0. The molecule has 0 aliphatic carbocycles. The van der Waals surface area contributed by atoms with Crippen LogP contribution in [0.25, 0.3) is 108 Å². The molecule has 0 amide bonds. The quantitative estimate of drug-likeness (QED) is 0.105. The molecule has 0 fully saturated rings. The molecule has 0 aliphatic rings. The number of fused-ring (bicyclic) bond motifs is 11. The maximum absolute atomic E-state index is 2.24. The first-order chi connectivity index (χ1) is 53.5. The Kier molecular flexibility index (Phi) is 63.9. The Morgan fingerprint density at radius 1 is 0.110 bits per heavy atom. The standard InChI is InChI=1S/C16H14.3C14H10.2C10H8.C6H6.12C2H6.CH4/c1-11-13-7-3-5-9-15(13)12(2)16-10-6-4-8-14(11)16;1-3-7-13-11(5-1)9-10-12-6-2-4-8-14(12)13;2*1-2-6-12-10-14-8-4-3-7-13(14)9-11(12)5-1;2*1-2-6-10-8-4-3-7-9(10)5-1;1-2-4-6-5-3-1;12*1-2;/h3-10H,1-2H3;3*1-10H;2*1-8H;1-6H;12*1-2H3;1H4. The monoisotopic (exact) mass is 1450 g/mol. The maximum Gasteiger partial charge on any atom is -0.0105 e. The molecule has 0 atom stereocenters. The molecule has 0 saturated heterocycles. The van der Waals surface area contributed by atoms with E-state index in [2.05, 4.69) is 341 Å². The molecule has 0 radical (unpaired) electrons. The molecule has 0 nitrogen and oxygen atoms in total. The normalized spacial score (nSPS) is 8.75. The van der Waals surface area contributed by atoms with Gasteiger partial charge < -0.3 is 0 Å². The van der Waals surface area contributed by atoms with E-state index in [0.29, 0.717) is 0 Å². The second-order valence-corrected chi connectivity index (χ2v) is 20.8. The lowest BCUT2D eigenvalue weighted by molar-refractivity contribution is 1.50. The van der Waals surface area contributed by atoms with Crippen LogP contribution in [-0.2, 0) is 0 Å². The third kappa shape index (κ3) is 34.4. The van der Waals surface area contributed by atoms with Crippen molar-refractivity contribution in [2.24, 2.45) is 0 Å². The van der Waals surface area contributed by atoms with Gasteiger partial charge in [0.1, 0.15) is 0 Å². The van der Waals surface area contributed by atoms with E-state index in [0.717, 1.165) is 0 Å². The van der Waals surface area contributed by atoms with Crippen LogP contribution in [0.5, 0.6) is 0 Å². The van der Waals surface area contributed by atoms with E-state index in [9.17, 15) is 0 Å². The van der Waals surface area contributed by atoms with Gasteiger partial charge in [-0.25, -0.2) is 0 Å². The minimum absolute atomic E-state index is 0. The molecule has 17 aromatic carbocycles. The van der Waals surface area contributed by atoms with Gasteiger partial charge in [0.2, 0.25) is 0 Å². The van der Waals surface area contributed by atoms with E-state index < -0.39 is 0 Å². The fraction of sp³-hybridized carbons (Fsp3) is 0.248. The Bertz CT molecular complexity index is 4200. The SMILES string of the molecule is C.CC.CC.CC.CC.CC.CC.CC.CC.CC.CC.CC.CC.Cc1c2ccccc2c(C)c2ccccc12.c1ccc2c(c1)ccc1ccccc12.c1ccc2cc3ccccc3cc2c1.c1ccc2cc3ccccc3cc2c1.c1ccc2ccccc2c1.c1ccc2ccccc2c1.c1ccccc1. The van der Waals surface area contributed by atoms with Gasteiger partial charge in [0.25, 0.3) is 0 Å². The van der Waals surface area contributed by atoms with E-state index in [1.807, 2.05) is 203 Å². The Balaban J connectivity index is -0.00000116. The van der Waals surface area contributed by atoms with E-state index in [4.69, 9.17) is 0 Å². The molecule has 17 aromatic rings. The third-order valence-corrected chi connectivity index (χ3v) is 15.3. The van der Waals surface area contributed by atoms with Gasteiger partial charge in [-0.3, -0.25) is 0 Å². The van der Waals surface area contributed by atoms with Crippen molar-refractivity contribution in [1.82, 2.24) is 0 Å². The third-order valence-electron chi connectivity index (χ3n) is 15.3. The zero-order chi connectivity index (χ0) is 81.1. The molecule has 0 heterocycles. The van der Waals surface area contributed by atoms with Crippen molar-refractivity contribution in [2.75, 3.05) is 0 Å². The van der Waals surface area contributed by atoms with Gasteiger partial charge in [-0.1, -0.05) is 513 Å². The molecule has 578 valence electrons. The van der Waals surface area contributed by atoms with Gasteiger partial charge in [0.15, 0.2) is 0 Å². The van der Waals surface area contributed by atoms with Crippen molar-refractivity contribution in [3.05, 3.63) is 375 Å². The van der Waals surface area contributed by atoms with Crippen molar-refractivity contribution >= 4 is 108 Å². The summed E-state index contributed by atoms with van der Waals surface area (Å²) in [5, 5.41) is 26.5. The molecule has 0 spiro atoms. The molecule has 0 bridgehead atoms. The van der Waals surface area contributed by atoms with Crippen LogP contribution in [0.4, 0.5) is 0 Å². The van der Waals surface area contributed by atoms with Crippen LogP contribution in [0.3, 0.4) is 0 Å². The Hall–Kier alpha value is -10.7. The molecule has 0 N–H and O–H groups in total. The largest absolute Gasteiger partial charge is 0.0776 e. The lowest BCUT2D eigenvalue weighted by Crippen LogP contribution is -1.87. The van der Waals surface area contributed by atoms with Crippen molar-refractivity contribution in [1.29, 1.82) is 0 Å². The van der Waals surface area contributed by atoms with E-state index in [-0.39, 0.29) is 7.43 Å². The molecular formula is C109H142. The minimum atomic E-state index is 0. The Morgan fingerprint density at radius 3 is 0.367 bits per heavy atom. The second-order valence-electron chi connectivity index (χ2n) is 20.8. The van der Waals surface area contributed by atoms with Crippen molar-refractivity contribution in [3.8, 4) is 0 Å². The lowest BCUT2D eigenvalue weighted by atomic mass is 9.93. The molecule has 0 aromatic heterocycles. The van der Waals surface area contributed by atoms with Gasteiger partial charge in [-0.05, 0) is 157 Å². The van der Waals surface area contributed by atoms with Gasteiger partial charge in [-0.15, -0.1) is 0 Å². The van der Waals surface area contributed by atoms with Crippen molar-refractivity contribution < 1.29 is 0 Å². The highest BCUT2D eigenvalue weighted by Crippen LogP contribution is 2.32. The summed E-state index contributed by atoms with van der Waals surface area (Å²) in [5.41, 5.74) is 2.77. The fourth-order valence-corrected chi connectivity index (χ4v) is 10.9. The summed E-state index contributed by atoms with van der Waals surface area (Å²) in [7, 11) is 0. The van der Waals surface area contributed by atoms with Crippen LogP contribution < -0.4 is 0 Å². The predicted molar refractivity (Wildman–Crippen MR) is 513 cm³/mol. The lowest BCUT2D eigenvalue weighted by Gasteiger charge is -2.11. The van der Waals surface area contributed by atoms with E-state index in [1.54, 1.807) is 0 Å². The van der Waals surface area contributed by atoms with Gasteiger partial charge >= 0.3 is 0 Å². The molecule has 0 saturated carbocycles. The zero-order valence-corrected chi connectivity index (χ0v) is 71.6. The summed E-state index contributed by atoms with van der Waals surface area (Å²) in [6.07, 6.45) is 0. The topological polar surface area (TPSA) is 0 Å². The summed E-state index contributed by atoms with van der Waals surface area (Å²) in [4.78, 5) is 0. The molecule has 17 rings (SSSR count). The Morgan fingerprint density at radius 2 is 0.220 bits per heavy atom. The smallest absolute Gasteiger partial charge is 0.0105 e. The maximum atomic E-state index is 2.24. The average molecular weight is 1450 g/mol.